The van der Waals surface area contributed by atoms with Crippen molar-refractivity contribution in [2.24, 2.45) is 0 Å². The van der Waals surface area contributed by atoms with Gasteiger partial charge >= 0.3 is 5.97 Å². The number of aliphatic carboxylic acids is 1. The second-order valence-corrected chi connectivity index (χ2v) is 7.12. The van der Waals surface area contributed by atoms with E-state index in [0.29, 0.717) is 32.5 Å². The van der Waals surface area contributed by atoms with Crippen LogP contribution in [0.2, 0.25) is 0 Å². The SMILES string of the molecule is O=C(O)CC1CN(C(=O)CCc2nc3ccccc3n2-c2ccccc2)CCO1. The van der Waals surface area contributed by atoms with Crippen LogP contribution >= 0.6 is 0 Å². The molecule has 3 aromatic rings. The van der Waals surface area contributed by atoms with E-state index in [-0.39, 0.29) is 12.3 Å². The molecule has 1 fully saturated rings. The van der Waals surface area contributed by atoms with Crippen molar-refractivity contribution in [2.75, 3.05) is 19.7 Å². The molecule has 1 saturated heterocycles. The zero-order valence-corrected chi connectivity index (χ0v) is 16.0. The van der Waals surface area contributed by atoms with Gasteiger partial charge in [-0.2, -0.15) is 0 Å². The van der Waals surface area contributed by atoms with Crippen molar-refractivity contribution in [1.82, 2.24) is 14.5 Å². The molecule has 1 aliphatic heterocycles. The molecule has 0 radical (unpaired) electrons. The van der Waals surface area contributed by atoms with Crippen molar-refractivity contribution in [3.05, 3.63) is 60.4 Å². The Morgan fingerprint density at radius 2 is 1.86 bits per heavy atom. The molecule has 1 amide bonds. The minimum atomic E-state index is -0.916. The predicted octanol–water partition coefficient (Wildman–Crippen LogP) is 2.66. The third kappa shape index (κ3) is 4.30. The highest BCUT2D eigenvalue weighted by Gasteiger charge is 2.26. The lowest BCUT2D eigenvalue weighted by molar-refractivity contribution is -0.147. The topological polar surface area (TPSA) is 84.7 Å². The van der Waals surface area contributed by atoms with Crippen molar-refractivity contribution in [2.45, 2.75) is 25.4 Å². The van der Waals surface area contributed by atoms with Crippen molar-refractivity contribution in [3.8, 4) is 5.69 Å². The number of rotatable bonds is 6. The third-order valence-corrected chi connectivity index (χ3v) is 5.10. The lowest BCUT2D eigenvalue weighted by Crippen LogP contribution is -2.46. The summed E-state index contributed by atoms with van der Waals surface area (Å²) in [6, 6.07) is 17.9. The molecule has 1 atom stereocenters. The maximum absolute atomic E-state index is 12.8. The Balaban J connectivity index is 1.51. The van der Waals surface area contributed by atoms with Crippen molar-refractivity contribution >= 4 is 22.9 Å². The molecule has 1 aromatic heterocycles. The number of aryl methyl sites for hydroxylation is 1. The summed E-state index contributed by atoms with van der Waals surface area (Å²) in [6.45, 7) is 1.18. The number of carbonyl (C=O) groups excluding carboxylic acids is 1. The number of aromatic nitrogens is 2. The number of ether oxygens (including phenoxy) is 1. The monoisotopic (exact) mass is 393 g/mol. The fraction of sp³-hybridized carbons (Fsp3) is 0.318. The largest absolute Gasteiger partial charge is 0.481 e. The van der Waals surface area contributed by atoms with Gasteiger partial charge in [0.25, 0.3) is 0 Å². The van der Waals surface area contributed by atoms with Crippen LogP contribution in [0.3, 0.4) is 0 Å². The molecule has 1 N–H and O–H groups in total. The van der Waals surface area contributed by atoms with Gasteiger partial charge in [-0.25, -0.2) is 4.98 Å². The standard InChI is InChI=1S/C22H23N3O4/c26-21(24-12-13-29-17(15-24)14-22(27)28)11-10-20-23-18-8-4-5-9-19(18)25(20)16-6-2-1-3-7-16/h1-9,17H,10-15H2,(H,27,28). The van der Waals surface area contributed by atoms with Gasteiger partial charge in [-0.1, -0.05) is 30.3 Å². The van der Waals surface area contributed by atoms with Crippen LogP contribution in [0.4, 0.5) is 0 Å². The molecule has 1 unspecified atom stereocenters. The first-order valence-electron chi connectivity index (χ1n) is 9.75. The number of fused-ring (bicyclic) bond motifs is 1. The average molecular weight is 393 g/mol. The van der Waals surface area contributed by atoms with Crippen LogP contribution < -0.4 is 0 Å². The van der Waals surface area contributed by atoms with Crippen LogP contribution in [0, 0.1) is 0 Å². The zero-order chi connectivity index (χ0) is 20.2. The zero-order valence-electron chi connectivity index (χ0n) is 16.0. The molecular weight excluding hydrogens is 370 g/mol. The van der Waals surface area contributed by atoms with Gasteiger partial charge in [0.15, 0.2) is 0 Å². The number of benzene rings is 2. The van der Waals surface area contributed by atoms with Gasteiger partial charge in [0.2, 0.25) is 5.91 Å². The molecule has 0 spiro atoms. The molecule has 0 saturated carbocycles. The van der Waals surface area contributed by atoms with Crippen molar-refractivity contribution in [1.29, 1.82) is 0 Å². The lowest BCUT2D eigenvalue weighted by Gasteiger charge is -2.32. The highest BCUT2D eigenvalue weighted by Crippen LogP contribution is 2.22. The summed E-state index contributed by atoms with van der Waals surface area (Å²) >= 11 is 0. The maximum atomic E-state index is 12.8. The molecule has 29 heavy (non-hydrogen) atoms. The quantitative estimate of drug-likeness (QED) is 0.696. The number of nitrogens with zero attached hydrogens (tertiary/aromatic N) is 3. The van der Waals surface area contributed by atoms with Gasteiger partial charge in [-0.3, -0.25) is 14.2 Å². The average Bonchev–Trinajstić information content (AvgIpc) is 3.10. The summed E-state index contributed by atoms with van der Waals surface area (Å²) in [4.78, 5) is 30.1. The van der Waals surface area contributed by atoms with E-state index in [1.165, 1.54) is 0 Å². The third-order valence-electron chi connectivity index (χ3n) is 5.10. The number of hydrogen-bond donors (Lipinski definition) is 1. The number of para-hydroxylation sites is 3. The van der Waals surface area contributed by atoms with E-state index >= 15 is 0 Å². The van der Waals surface area contributed by atoms with E-state index in [0.717, 1.165) is 22.5 Å². The van der Waals surface area contributed by atoms with Crippen molar-refractivity contribution in [3.63, 3.8) is 0 Å². The number of carboxylic acid groups (broad SMARTS) is 1. The summed E-state index contributed by atoms with van der Waals surface area (Å²) in [5.41, 5.74) is 2.91. The minimum absolute atomic E-state index is 0.00430. The summed E-state index contributed by atoms with van der Waals surface area (Å²) in [5.74, 6) is -0.0858. The first kappa shape index (κ1) is 19.1. The molecular formula is C22H23N3O4. The summed E-state index contributed by atoms with van der Waals surface area (Å²) in [7, 11) is 0. The number of morpholine rings is 1. The Morgan fingerprint density at radius 3 is 2.66 bits per heavy atom. The summed E-state index contributed by atoms with van der Waals surface area (Å²) in [6.07, 6.45) is 0.284. The Kier molecular flexibility index (Phi) is 5.57. The van der Waals surface area contributed by atoms with E-state index in [1.807, 2.05) is 54.6 Å². The van der Waals surface area contributed by atoms with E-state index < -0.39 is 12.1 Å². The van der Waals surface area contributed by atoms with E-state index in [4.69, 9.17) is 14.8 Å². The Morgan fingerprint density at radius 1 is 1.10 bits per heavy atom. The highest BCUT2D eigenvalue weighted by atomic mass is 16.5. The first-order valence-corrected chi connectivity index (χ1v) is 9.75. The van der Waals surface area contributed by atoms with Gasteiger partial charge in [0.1, 0.15) is 5.82 Å². The van der Waals surface area contributed by atoms with Crippen LogP contribution in [-0.2, 0) is 20.7 Å². The molecule has 0 aliphatic carbocycles. The van der Waals surface area contributed by atoms with Crippen LogP contribution in [0.1, 0.15) is 18.7 Å². The predicted molar refractivity (Wildman–Crippen MR) is 108 cm³/mol. The van der Waals surface area contributed by atoms with Crippen LogP contribution in [0.15, 0.2) is 54.6 Å². The van der Waals surface area contributed by atoms with Crippen LogP contribution in [0.5, 0.6) is 0 Å². The fourth-order valence-corrected chi connectivity index (χ4v) is 3.75. The summed E-state index contributed by atoms with van der Waals surface area (Å²) in [5, 5.41) is 8.96. The normalized spacial score (nSPS) is 16.8. The van der Waals surface area contributed by atoms with Gasteiger partial charge in [-0.05, 0) is 24.3 Å². The fourth-order valence-electron chi connectivity index (χ4n) is 3.75. The van der Waals surface area contributed by atoms with E-state index in [2.05, 4.69) is 4.57 Å². The first-order chi connectivity index (χ1) is 14.1. The molecule has 2 aromatic carbocycles. The Bertz CT molecular complexity index is 1020. The summed E-state index contributed by atoms with van der Waals surface area (Å²) < 4.78 is 7.55. The number of amides is 1. The highest BCUT2D eigenvalue weighted by molar-refractivity contribution is 5.79. The van der Waals surface area contributed by atoms with Gasteiger partial charge in [0.05, 0.1) is 30.2 Å². The van der Waals surface area contributed by atoms with E-state index in [1.54, 1.807) is 4.90 Å². The van der Waals surface area contributed by atoms with E-state index in [9.17, 15) is 9.59 Å². The second kappa shape index (κ2) is 8.45. The molecule has 4 rings (SSSR count). The molecule has 2 heterocycles. The molecule has 7 heteroatoms. The second-order valence-electron chi connectivity index (χ2n) is 7.12. The van der Waals surface area contributed by atoms with Gasteiger partial charge < -0.3 is 14.7 Å². The molecule has 0 bridgehead atoms. The minimum Gasteiger partial charge on any atom is -0.481 e. The van der Waals surface area contributed by atoms with Gasteiger partial charge in [0, 0.05) is 31.6 Å². The Labute approximate surface area is 168 Å². The number of hydrogen-bond acceptors (Lipinski definition) is 4. The van der Waals surface area contributed by atoms with Gasteiger partial charge in [-0.15, -0.1) is 0 Å². The number of carbonyl (C=O) groups is 2. The lowest BCUT2D eigenvalue weighted by atomic mass is 10.2. The molecule has 7 nitrogen and oxygen atoms in total. The van der Waals surface area contributed by atoms with Crippen LogP contribution in [0.25, 0.3) is 16.7 Å². The molecule has 1 aliphatic rings. The maximum Gasteiger partial charge on any atom is 0.306 e. The van der Waals surface area contributed by atoms with Crippen LogP contribution in [-0.4, -0.2) is 57.2 Å². The van der Waals surface area contributed by atoms with Crippen molar-refractivity contribution < 1.29 is 19.4 Å². The Hall–Kier alpha value is -3.19. The number of imidazole rings is 1. The molecule has 150 valence electrons. The smallest absolute Gasteiger partial charge is 0.306 e. The number of carboxylic acids is 1.